The van der Waals surface area contributed by atoms with Crippen molar-refractivity contribution in [3.8, 4) is 5.75 Å². The van der Waals surface area contributed by atoms with Crippen molar-refractivity contribution in [1.82, 2.24) is 51.8 Å². The third-order valence-corrected chi connectivity index (χ3v) is 11.6. The predicted molar refractivity (Wildman–Crippen MR) is 237 cm³/mol. The maximum atomic E-state index is 14.4. The Hall–Kier alpha value is -7.29. The van der Waals surface area contributed by atoms with E-state index in [1.54, 1.807) is 12.3 Å². The zero-order valence-electron chi connectivity index (χ0n) is 36.7. The maximum Gasteiger partial charge on any atom is 0.245 e. The summed E-state index contributed by atoms with van der Waals surface area (Å²) in [5.41, 5.74) is 7.80. The largest absolute Gasteiger partial charge is 0.508 e. The number of phenolic OH excluding ortho intramolecular Hbond substituents is 1. The van der Waals surface area contributed by atoms with Crippen molar-refractivity contribution in [3.63, 3.8) is 0 Å². The second-order valence-electron chi connectivity index (χ2n) is 17.1. The van der Waals surface area contributed by atoms with Gasteiger partial charge in [0.15, 0.2) is 0 Å². The molecule has 7 atom stereocenters. The summed E-state index contributed by atoms with van der Waals surface area (Å²) < 4.78 is 0. The Morgan fingerprint density at radius 2 is 1.33 bits per heavy atom. The normalized spacial score (nSPS) is 24.1. The van der Waals surface area contributed by atoms with Crippen molar-refractivity contribution in [2.24, 2.45) is 11.7 Å². The van der Waals surface area contributed by atoms with Gasteiger partial charge in [0.05, 0.1) is 12.9 Å². The van der Waals surface area contributed by atoms with Gasteiger partial charge >= 0.3 is 0 Å². The molecule has 0 unspecified atom stereocenters. The van der Waals surface area contributed by atoms with Crippen molar-refractivity contribution in [2.45, 2.75) is 108 Å². The van der Waals surface area contributed by atoms with Gasteiger partial charge in [0.2, 0.25) is 47.3 Å². The highest BCUT2D eigenvalue weighted by Crippen LogP contribution is 2.22. The quantitative estimate of drug-likeness (QED) is 0.0806. The molecular formula is C45H57N11O10. The van der Waals surface area contributed by atoms with Crippen LogP contribution in [0.3, 0.4) is 0 Å². The standard InChI is InChI=1S/C45H57N11O10/c1-24(2)16-32-39(60)53-35(19-27-21-47-23-49-27)42(63)50-31(13-14-38(46)59)45(66)56-15-5-8-37(56)44(65)54-33(17-25-9-11-28(58)12-10-25)40(61)55-36(22-57)43(64)52-34(41(62)51-32)18-26-20-48-30-7-4-3-6-29(26)30/h3-4,6-7,9-12,20-21,23-24,31-37,48,57-58H,5,8,13-19,22H2,1-2H3,(H2,46,59)(H,47,49)(H,50,63)(H,51,62)(H,52,64)(H,53,60)(H,54,65)(H,55,61)/t31-,32+,33+,34+,35+,36-,37-/m0/s1. The van der Waals surface area contributed by atoms with Crippen molar-refractivity contribution in [1.29, 1.82) is 0 Å². The summed E-state index contributed by atoms with van der Waals surface area (Å²) in [6.45, 7) is 2.80. The topological polar surface area (TPSA) is 323 Å². The molecule has 0 saturated carbocycles. The monoisotopic (exact) mass is 911 g/mol. The molecule has 2 aromatic heterocycles. The number of nitrogens with two attached hydrogens (primary N) is 1. The van der Waals surface area contributed by atoms with E-state index in [1.807, 2.05) is 32.0 Å². The molecule has 0 radical (unpaired) electrons. The van der Waals surface area contributed by atoms with Crippen LogP contribution in [0.1, 0.15) is 62.8 Å². The Labute approximate surface area is 379 Å². The number of aliphatic hydroxyl groups excluding tert-OH is 1. The molecule has 6 rings (SSSR count). The van der Waals surface area contributed by atoms with Crippen molar-refractivity contribution in [3.05, 3.63) is 84.1 Å². The lowest BCUT2D eigenvalue weighted by Crippen LogP contribution is -2.60. The SMILES string of the molecule is CC(C)C[C@H]1NC(=O)[C@@H](Cc2c[nH]c3ccccc23)NC(=O)[C@H](CO)NC(=O)[C@@H](Cc2ccc(O)cc2)NC(=O)[C@@H]2CCCN2C(=O)[C@H](CCC(N)=O)NC(=O)[C@@H](Cc2cnc[nH]2)NC1=O. The number of imidazole rings is 1. The molecular weight excluding hydrogens is 855 g/mol. The van der Waals surface area contributed by atoms with E-state index in [0.29, 0.717) is 23.2 Å². The van der Waals surface area contributed by atoms with Gasteiger partial charge in [-0.05, 0) is 60.9 Å². The average molecular weight is 912 g/mol. The highest BCUT2D eigenvalue weighted by molar-refractivity contribution is 5.99. The van der Waals surface area contributed by atoms with Gasteiger partial charge in [-0.25, -0.2) is 4.98 Å². The first-order valence-corrected chi connectivity index (χ1v) is 21.9. The van der Waals surface area contributed by atoms with Gasteiger partial charge < -0.3 is 62.7 Å². The summed E-state index contributed by atoms with van der Waals surface area (Å²) >= 11 is 0. The van der Waals surface area contributed by atoms with Crippen LogP contribution in [-0.2, 0) is 57.6 Å². The van der Waals surface area contributed by atoms with Crippen LogP contribution in [0.5, 0.6) is 5.75 Å². The number of benzene rings is 2. The van der Waals surface area contributed by atoms with E-state index < -0.39 is 96.2 Å². The van der Waals surface area contributed by atoms with E-state index in [2.05, 4.69) is 46.9 Å². The number of carbonyl (C=O) groups is 8. The second-order valence-corrected chi connectivity index (χ2v) is 17.1. The highest BCUT2D eigenvalue weighted by Gasteiger charge is 2.41. The Kier molecular flexibility index (Phi) is 16.1. The Morgan fingerprint density at radius 3 is 1.98 bits per heavy atom. The molecule has 4 aromatic rings. The number of aromatic nitrogens is 3. The Bertz CT molecular complexity index is 2390. The number of H-pyrrole nitrogens is 2. The first-order chi connectivity index (χ1) is 31.6. The van der Waals surface area contributed by atoms with Gasteiger partial charge in [0.25, 0.3) is 0 Å². The molecule has 0 spiro atoms. The second kappa shape index (κ2) is 22.1. The lowest BCUT2D eigenvalue weighted by Gasteiger charge is -2.31. The van der Waals surface area contributed by atoms with Crippen LogP contribution >= 0.6 is 0 Å². The molecule has 0 bridgehead atoms. The first kappa shape index (κ1) is 48.2. The van der Waals surface area contributed by atoms with Crippen LogP contribution in [0.15, 0.2) is 67.3 Å². The molecule has 4 heterocycles. The Morgan fingerprint density at radius 1 is 0.742 bits per heavy atom. The van der Waals surface area contributed by atoms with Crippen LogP contribution in [0.4, 0.5) is 0 Å². The summed E-state index contributed by atoms with van der Waals surface area (Å²) in [6, 6.07) is 3.50. The van der Waals surface area contributed by atoms with Crippen molar-refractivity contribution >= 4 is 58.2 Å². The van der Waals surface area contributed by atoms with Crippen molar-refractivity contribution in [2.75, 3.05) is 13.2 Å². The van der Waals surface area contributed by atoms with Crippen LogP contribution in [0.25, 0.3) is 10.9 Å². The predicted octanol–water partition coefficient (Wildman–Crippen LogP) is -1.16. The molecule has 2 aliphatic rings. The number of hydrogen-bond donors (Lipinski definition) is 11. The molecule has 12 N–H and O–H groups in total. The molecule has 8 amide bonds. The van der Waals surface area contributed by atoms with E-state index in [9.17, 15) is 48.6 Å². The molecule has 2 aromatic carbocycles. The first-order valence-electron chi connectivity index (χ1n) is 21.9. The lowest BCUT2D eigenvalue weighted by molar-refractivity contribution is -0.143. The number of aromatic amines is 2. The highest BCUT2D eigenvalue weighted by atomic mass is 16.3. The molecule has 352 valence electrons. The number of nitrogens with zero attached hydrogens (tertiary/aromatic N) is 2. The van der Waals surface area contributed by atoms with Gasteiger partial charge in [0, 0.05) is 61.2 Å². The number of hydrogen-bond acceptors (Lipinski definition) is 11. The molecule has 2 aliphatic heterocycles. The fraction of sp³-hybridized carbons (Fsp3) is 0.444. The number of aliphatic hydroxyl groups is 1. The number of nitrogens with one attached hydrogen (secondary N) is 8. The van der Waals surface area contributed by atoms with Crippen LogP contribution < -0.4 is 37.6 Å². The zero-order valence-corrected chi connectivity index (χ0v) is 36.7. The van der Waals surface area contributed by atoms with Crippen molar-refractivity contribution < 1.29 is 48.6 Å². The fourth-order valence-electron chi connectivity index (χ4n) is 8.21. The minimum atomic E-state index is -1.64. The number of phenols is 1. The number of aromatic hydroxyl groups is 1. The third-order valence-electron chi connectivity index (χ3n) is 11.6. The molecule has 2 fully saturated rings. The zero-order chi connectivity index (χ0) is 47.5. The molecule has 21 nitrogen and oxygen atoms in total. The summed E-state index contributed by atoms with van der Waals surface area (Å²) in [7, 11) is 0. The smallest absolute Gasteiger partial charge is 0.245 e. The number of amides is 8. The van der Waals surface area contributed by atoms with Crippen LogP contribution in [-0.4, -0.2) is 133 Å². The summed E-state index contributed by atoms with van der Waals surface area (Å²) in [4.78, 5) is 123. The molecule has 66 heavy (non-hydrogen) atoms. The summed E-state index contributed by atoms with van der Waals surface area (Å²) in [5, 5.41) is 37.2. The van der Waals surface area contributed by atoms with Crippen LogP contribution in [0.2, 0.25) is 0 Å². The van der Waals surface area contributed by atoms with Gasteiger partial charge in [-0.1, -0.05) is 44.2 Å². The maximum absolute atomic E-state index is 14.4. The number of fused-ring (bicyclic) bond motifs is 2. The molecule has 0 aliphatic carbocycles. The van der Waals surface area contributed by atoms with E-state index in [-0.39, 0.29) is 63.2 Å². The van der Waals surface area contributed by atoms with E-state index >= 15 is 0 Å². The number of carbonyl (C=O) groups excluding carboxylic acids is 8. The van der Waals surface area contributed by atoms with Gasteiger partial charge in [-0.15, -0.1) is 0 Å². The van der Waals surface area contributed by atoms with Gasteiger partial charge in [-0.3, -0.25) is 38.4 Å². The van der Waals surface area contributed by atoms with E-state index in [0.717, 1.165) is 10.9 Å². The van der Waals surface area contributed by atoms with E-state index in [1.165, 1.54) is 41.7 Å². The molecule has 2 saturated heterocycles. The average Bonchev–Trinajstić information content (AvgIpc) is 4.08. The minimum Gasteiger partial charge on any atom is -0.508 e. The minimum absolute atomic E-state index is 0.0520. The number of para-hydroxylation sites is 1. The number of primary amides is 1. The summed E-state index contributed by atoms with van der Waals surface area (Å²) in [6.07, 6.45) is 4.13. The van der Waals surface area contributed by atoms with Crippen LogP contribution in [0, 0.1) is 5.92 Å². The number of rotatable bonds is 12. The summed E-state index contributed by atoms with van der Waals surface area (Å²) in [5.74, 6) is -6.70. The lowest BCUT2D eigenvalue weighted by atomic mass is 9.99. The third kappa shape index (κ3) is 12.5. The molecule has 21 heteroatoms. The van der Waals surface area contributed by atoms with Gasteiger partial charge in [0.1, 0.15) is 48.0 Å². The Balaban J connectivity index is 1.41. The van der Waals surface area contributed by atoms with E-state index in [4.69, 9.17) is 5.73 Å². The fourth-order valence-corrected chi connectivity index (χ4v) is 8.21. The van der Waals surface area contributed by atoms with Gasteiger partial charge in [-0.2, -0.15) is 0 Å².